The Morgan fingerprint density at radius 1 is 1.42 bits per heavy atom. The van der Waals surface area contributed by atoms with E-state index >= 15 is 0 Å². The highest BCUT2D eigenvalue weighted by Gasteiger charge is 2.63. The third kappa shape index (κ3) is 2.86. The fourth-order valence-electron chi connectivity index (χ4n) is 3.63. The van der Waals surface area contributed by atoms with Crippen LogP contribution in [0.25, 0.3) is 0 Å². The molecule has 0 aromatic heterocycles. The van der Waals surface area contributed by atoms with Gasteiger partial charge in [-0.3, -0.25) is 14.9 Å². The second kappa shape index (κ2) is 6.73. The number of hydrogen-bond donors (Lipinski definition) is 1. The predicted octanol–water partition coefficient (Wildman–Crippen LogP) is 1.23. The lowest BCUT2D eigenvalue weighted by Crippen LogP contribution is -2.65. The summed E-state index contributed by atoms with van der Waals surface area (Å²) in [5, 5.41) is 20.4. The number of hydrogen-bond acceptors (Lipinski definition) is 7. The van der Waals surface area contributed by atoms with Crippen LogP contribution in [0.4, 0.5) is 5.69 Å². The van der Waals surface area contributed by atoms with Crippen LogP contribution in [0, 0.1) is 22.0 Å². The van der Waals surface area contributed by atoms with Gasteiger partial charge in [0.2, 0.25) is 5.91 Å². The van der Waals surface area contributed by atoms with Gasteiger partial charge < -0.3 is 14.7 Å². The van der Waals surface area contributed by atoms with E-state index in [1.807, 2.05) is 6.92 Å². The van der Waals surface area contributed by atoms with Gasteiger partial charge >= 0.3 is 5.97 Å². The Balaban J connectivity index is 1.67. The number of aliphatic hydroxyl groups excluding tert-OH is 1. The first kappa shape index (κ1) is 18.4. The summed E-state index contributed by atoms with van der Waals surface area (Å²) >= 11 is 5.35. The maximum atomic E-state index is 12.5. The molecule has 0 bridgehead atoms. The average molecular weight is 378 g/mol. The van der Waals surface area contributed by atoms with Crippen LogP contribution in [0.2, 0.25) is 0 Å². The van der Waals surface area contributed by atoms with Gasteiger partial charge in [0.1, 0.15) is 6.61 Å². The van der Waals surface area contributed by atoms with Crippen molar-refractivity contribution in [3.63, 3.8) is 0 Å². The van der Waals surface area contributed by atoms with Gasteiger partial charge in [-0.1, -0.05) is 19.1 Å². The number of amides is 1. The molecule has 1 aromatic rings. The normalized spacial score (nSPS) is 28.3. The largest absolute Gasteiger partial charge is 0.459 e. The van der Waals surface area contributed by atoms with Crippen LogP contribution in [0.3, 0.4) is 0 Å². The van der Waals surface area contributed by atoms with Gasteiger partial charge in [-0.15, -0.1) is 0 Å². The van der Waals surface area contributed by atoms with Gasteiger partial charge in [-0.05, 0) is 24.6 Å². The number of rotatable bonds is 5. The zero-order chi connectivity index (χ0) is 19.2. The summed E-state index contributed by atoms with van der Waals surface area (Å²) in [7, 11) is 0. The number of nitrogens with zero attached hydrogens (tertiary/aromatic N) is 2. The lowest BCUT2D eigenvalue weighted by molar-refractivity contribution is -0.384. The molecule has 1 amide bonds. The molecule has 0 spiro atoms. The Hall–Kier alpha value is -2.39. The number of thiocarbonyl (C=S) groups is 1. The lowest BCUT2D eigenvalue weighted by atomic mass is 9.79. The van der Waals surface area contributed by atoms with Gasteiger partial charge in [-0.25, -0.2) is 4.79 Å². The molecule has 9 heteroatoms. The van der Waals surface area contributed by atoms with Gasteiger partial charge in [-0.2, -0.15) is 0 Å². The maximum Gasteiger partial charge on any atom is 0.334 e. The Labute approximate surface area is 154 Å². The quantitative estimate of drug-likeness (QED) is 0.270. The Morgan fingerprint density at radius 2 is 2.04 bits per heavy atom. The van der Waals surface area contributed by atoms with Crippen molar-refractivity contribution >= 4 is 34.6 Å². The monoisotopic (exact) mass is 378 g/mol. The minimum atomic E-state index is -0.925. The van der Waals surface area contributed by atoms with Crippen molar-refractivity contribution in [3.05, 3.63) is 39.9 Å². The highest BCUT2D eigenvalue weighted by Crippen LogP contribution is 2.43. The molecule has 5 atom stereocenters. The zero-order valence-corrected chi connectivity index (χ0v) is 15.0. The molecular weight excluding hydrogens is 360 g/mol. The van der Waals surface area contributed by atoms with Gasteiger partial charge in [0.05, 0.1) is 23.0 Å². The van der Waals surface area contributed by atoms with Gasteiger partial charge in [0, 0.05) is 22.9 Å². The summed E-state index contributed by atoms with van der Waals surface area (Å²) in [6.07, 6.45) is -0.802. The molecule has 1 aromatic carbocycles. The Bertz CT molecular complexity index is 778. The molecule has 8 nitrogen and oxygen atoms in total. The number of carbonyl (C=O) groups excluding carboxylic acids is 2. The Kier molecular flexibility index (Phi) is 4.76. The van der Waals surface area contributed by atoms with Crippen molar-refractivity contribution in [1.29, 1.82) is 0 Å². The lowest BCUT2D eigenvalue weighted by Gasteiger charge is -2.46. The van der Waals surface area contributed by atoms with Crippen LogP contribution in [0.15, 0.2) is 24.3 Å². The number of β-lactam (4-membered cyclic amide) rings is 1. The number of nitro benzene ring substituents is 1. The Morgan fingerprint density at radius 3 is 2.58 bits per heavy atom. The van der Waals surface area contributed by atoms with Crippen molar-refractivity contribution in [2.75, 3.05) is 0 Å². The SMILES string of the molecule is C[C@@H](O)[C@@H]1C(=O)N2C(C(=O)OCc3ccc([N+](=O)[O-])cc3)C(=S)[C@H](C)[C@H]12. The maximum absolute atomic E-state index is 12.5. The summed E-state index contributed by atoms with van der Waals surface area (Å²) in [6.45, 7) is 3.32. The standard InChI is InChI=1S/C17H18N2O6S/c1-8-13-12(9(2)20)16(21)18(13)14(15(8)26)17(22)25-7-10-3-5-11(6-4-10)19(23)24/h3-6,8-9,12-14,20H,7H2,1-2H3/t8-,9-,12+,13-,14?/m1/s1. The molecule has 2 saturated heterocycles. The van der Waals surface area contributed by atoms with E-state index in [1.165, 1.54) is 29.2 Å². The van der Waals surface area contributed by atoms with Crippen LogP contribution in [-0.2, 0) is 20.9 Å². The van der Waals surface area contributed by atoms with Gasteiger partial charge in [0.15, 0.2) is 6.04 Å². The molecular formula is C17H18N2O6S. The summed E-state index contributed by atoms with van der Waals surface area (Å²) in [5.41, 5.74) is 0.540. The van der Waals surface area contributed by atoms with E-state index in [2.05, 4.69) is 0 Å². The second-order valence-electron chi connectivity index (χ2n) is 6.63. The number of non-ortho nitro benzene ring substituents is 1. The number of ether oxygens (including phenoxy) is 1. The molecule has 0 saturated carbocycles. The minimum absolute atomic E-state index is 0.0518. The van der Waals surface area contributed by atoms with Crippen molar-refractivity contribution < 1.29 is 24.4 Å². The summed E-state index contributed by atoms with van der Waals surface area (Å²) in [4.78, 5) is 36.8. The van der Waals surface area contributed by atoms with E-state index in [0.29, 0.717) is 10.4 Å². The molecule has 2 aliphatic rings. The molecule has 0 aliphatic carbocycles. The molecule has 138 valence electrons. The van der Waals surface area contributed by atoms with E-state index in [-0.39, 0.29) is 30.2 Å². The smallest absolute Gasteiger partial charge is 0.334 e. The molecule has 3 rings (SSSR count). The third-order valence-corrected chi connectivity index (χ3v) is 5.60. The van der Waals surface area contributed by atoms with E-state index in [0.717, 1.165) is 0 Å². The van der Waals surface area contributed by atoms with Crippen LogP contribution in [0.5, 0.6) is 0 Å². The molecule has 2 heterocycles. The zero-order valence-electron chi connectivity index (χ0n) is 14.2. The fourth-order valence-corrected chi connectivity index (χ4v) is 3.98. The van der Waals surface area contributed by atoms with Crippen molar-refractivity contribution in [1.82, 2.24) is 4.90 Å². The van der Waals surface area contributed by atoms with Crippen LogP contribution < -0.4 is 0 Å². The first-order valence-electron chi connectivity index (χ1n) is 8.18. The van der Waals surface area contributed by atoms with Crippen molar-refractivity contribution in [3.8, 4) is 0 Å². The van der Waals surface area contributed by atoms with Crippen molar-refractivity contribution in [2.24, 2.45) is 11.8 Å². The number of aliphatic hydroxyl groups is 1. The van der Waals surface area contributed by atoms with Crippen LogP contribution in [0.1, 0.15) is 19.4 Å². The molecule has 1 N–H and O–H groups in total. The first-order valence-corrected chi connectivity index (χ1v) is 8.58. The van der Waals surface area contributed by atoms with E-state index in [1.54, 1.807) is 6.92 Å². The second-order valence-corrected chi connectivity index (χ2v) is 7.10. The summed E-state index contributed by atoms with van der Waals surface area (Å²) in [5.74, 6) is -1.65. The number of esters is 1. The first-order chi connectivity index (χ1) is 12.2. The van der Waals surface area contributed by atoms with Crippen molar-refractivity contribution in [2.45, 2.75) is 38.6 Å². The molecule has 1 unspecified atom stereocenters. The third-order valence-electron chi connectivity index (χ3n) is 5.01. The summed E-state index contributed by atoms with van der Waals surface area (Å²) in [6, 6.07) is 4.45. The van der Waals surface area contributed by atoms with Crippen LogP contribution in [-0.4, -0.2) is 49.9 Å². The minimum Gasteiger partial charge on any atom is -0.459 e. The average Bonchev–Trinajstić information content (AvgIpc) is 2.81. The van der Waals surface area contributed by atoms with E-state index < -0.39 is 29.0 Å². The molecule has 26 heavy (non-hydrogen) atoms. The molecule has 2 fully saturated rings. The molecule has 2 aliphatic heterocycles. The number of carbonyl (C=O) groups is 2. The highest BCUT2D eigenvalue weighted by molar-refractivity contribution is 7.80. The predicted molar refractivity (Wildman–Crippen MR) is 94.2 cm³/mol. The topological polar surface area (TPSA) is 110 Å². The highest BCUT2D eigenvalue weighted by atomic mass is 32.1. The van der Waals surface area contributed by atoms with E-state index in [4.69, 9.17) is 17.0 Å². The van der Waals surface area contributed by atoms with E-state index in [9.17, 15) is 24.8 Å². The number of nitro groups is 1. The number of fused-ring (bicyclic) bond motifs is 1. The summed E-state index contributed by atoms with van der Waals surface area (Å²) < 4.78 is 5.28. The molecule has 0 radical (unpaired) electrons. The fraction of sp³-hybridized carbons (Fsp3) is 0.471. The number of benzene rings is 1. The van der Waals surface area contributed by atoms with Crippen LogP contribution >= 0.6 is 12.2 Å². The van der Waals surface area contributed by atoms with Gasteiger partial charge in [0.25, 0.3) is 5.69 Å².